The lowest BCUT2D eigenvalue weighted by Crippen LogP contribution is -2.43. The van der Waals surface area contributed by atoms with E-state index in [0.29, 0.717) is 30.8 Å². The van der Waals surface area contributed by atoms with Crippen molar-refractivity contribution in [1.82, 2.24) is 4.31 Å². The van der Waals surface area contributed by atoms with Gasteiger partial charge in [-0.2, -0.15) is 9.57 Å². The van der Waals surface area contributed by atoms with Gasteiger partial charge in [0.25, 0.3) is 0 Å². The molecule has 0 spiro atoms. The molecule has 1 atom stereocenters. The molecule has 5 nitrogen and oxygen atoms in total. The van der Waals surface area contributed by atoms with Gasteiger partial charge in [-0.3, -0.25) is 0 Å². The molecule has 2 rings (SSSR count). The summed E-state index contributed by atoms with van der Waals surface area (Å²) >= 11 is 0. The van der Waals surface area contributed by atoms with E-state index in [-0.39, 0.29) is 11.9 Å². The molecule has 1 heterocycles. The maximum absolute atomic E-state index is 12.5. The quantitative estimate of drug-likeness (QED) is 0.833. The van der Waals surface area contributed by atoms with Gasteiger partial charge in [-0.15, -0.1) is 0 Å². The fourth-order valence-corrected chi connectivity index (χ4v) is 4.20. The monoisotopic (exact) mass is 308 g/mol. The van der Waals surface area contributed by atoms with Crippen LogP contribution in [0.25, 0.3) is 0 Å². The average Bonchev–Trinajstić information content (AvgIpc) is 2.48. The zero-order chi connectivity index (χ0) is 15.3. The smallest absolute Gasteiger partial charge is 0.218 e. The van der Waals surface area contributed by atoms with Crippen LogP contribution in [0.1, 0.15) is 30.9 Å². The Bertz CT molecular complexity index is 620. The first kappa shape index (κ1) is 16.0. The summed E-state index contributed by atoms with van der Waals surface area (Å²) in [6.45, 7) is 3.44. The number of ether oxygens (including phenoxy) is 1. The highest BCUT2D eigenvalue weighted by atomic mass is 32.2. The molecule has 1 saturated heterocycles. The maximum Gasteiger partial charge on any atom is 0.218 e. The Morgan fingerprint density at radius 1 is 1.43 bits per heavy atom. The van der Waals surface area contributed by atoms with Crippen LogP contribution < -0.4 is 0 Å². The van der Waals surface area contributed by atoms with Crippen molar-refractivity contribution >= 4 is 10.0 Å². The van der Waals surface area contributed by atoms with Gasteiger partial charge >= 0.3 is 0 Å². The fourth-order valence-electron chi connectivity index (χ4n) is 2.57. The number of benzene rings is 1. The SMILES string of the molecule is CCOC1CCCN(S(=O)(=O)Cc2ccccc2C#N)C1. The summed E-state index contributed by atoms with van der Waals surface area (Å²) in [6, 6.07) is 8.87. The standard InChI is InChI=1S/C15H20N2O3S/c1-2-20-15-8-5-9-17(11-15)21(18,19)12-14-7-4-3-6-13(14)10-16/h3-4,6-7,15H,2,5,8-9,11-12H2,1H3. The van der Waals surface area contributed by atoms with Crippen LogP contribution in [0.2, 0.25) is 0 Å². The Balaban J connectivity index is 2.13. The third-order valence-electron chi connectivity index (χ3n) is 3.61. The van der Waals surface area contributed by atoms with Crippen LogP contribution in [0.5, 0.6) is 0 Å². The second-order valence-electron chi connectivity index (χ2n) is 5.10. The zero-order valence-electron chi connectivity index (χ0n) is 12.2. The highest BCUT2D eigenvalue weighted by Gasteiger charge is 2.29. The topological polar surface area (TPSA) is 70.4 Å². The Hall–Kier alpha value is -1.42. The highest BCUT2D eigenvalue weighted by molar-refractivity contribution is 7.88. The Morgan fingerprint density at radius 3 is 2.90 bits per heavy atom. The van der Waals surface area contributed by atoms with E-state index in [9.17, 15) is 8.42 Å². The van der Waals surface area contributed by atoms with Gasteiger partial charge in [0, 0.05) is 19.7 Å². The van der Waals surface area contributed by atoms with Crippen molar-refractivity contribution in [2.24, 2.45) is 0 Å². The minimum absolute atomic E-state index is 0.0234. The van der Waals surface area contributed by atoms with Crippen molar-refractivity contribution in [3.8, 4) is 6.07 Å². The van der Waals surface area contributed by atoms with Crippen molar-refractivity contribution in [1.29, 1.82) is 5.26 Å². The molecule has 0 radical (unpaired) electrons. The van der Waals surface area contributed by atoms with Gasteiger partial charge in [0.1, 0.15) is 0 Å². The average molecular weight is 308 g/mol. The fraction of sp³-hybridized carbons (Fsp3) is 0.533. The van der Waals surface area contributed by atoms with Crippen LogP contribution in [-0.4, -0.2) is 38.5 Å². The van der Waals surface area contributed by atoms with E-state index in [1.54, 1.807) is 24.3 Å². The number of nitrogens with zero attached hydrogens (tertiary/aromatic N) is 2. The molecule has 1 aliphatic rings. The number of hydrogen-bond acceptors (Lipinski definition) is 4. The van der Waals surface area contributed by atoms with Crippen molar-refractivity contribution in [3.63, 3.8) is 0 Å². The predicted octanol–water partition coefficient (Wildman–Crippen LogP) is 1.89. The number of sulfonamides is 1. The van der Waals surface area contributed by atoms with Gasteiger partial charge in [0.05, 0.1) is 23.5 Å². The Labute approximate surface area is 126 Å². The molecule has 0 aliphatic carbocycles. The summed E-state index contributed by atoms with van der Waals surface area (Å²) in [5.41, 5.74) is 0.970. The van der Waals surface area contributed by atoms with Gasteiger partial charge in [0.15, 0.2) is 0 Å². The molecule has 1 aromatic carbocycles. The summed E-state index contributed by atoms with van der Waals surface area (Å²) < 4.78 is 32.1. The van der Waals surface area contributed by atoms with Crippen LogP contribution >= 0.6 is 0 Å². The van der Waals surface area contributed by atoms with E-state index in [2.05, 4.69) is 0 Å². The second kappa shape index (κ2) is 7.03. The number of piperidine rings is 1. The molecule has 0 saturated carbocycles. The Kier molecular flexibility index (Phi) is 5.34. The summed E-state index contributed by atoms with van der Waals surface area (Å²) in [5.74, 6) is -0.129. The van der Waals surface area contributed by atoms with Crippen molar-refractivity contribution in [2.75, 3.05) is 19.7 Å². The van der Waals surface area contributed by atoms with E-state index in [4.69, 9.17) is 10.00 Å². The van der Waals surface area contributed by atoms with Crippen LogP contribution in [0, 0.1) is 11.3 Å². The highest BCUT2D eigenvalue weighted by Crippen LogP contribution is 2.20. The van der Waals surface area contributed by atoms with Gasteiger partial charge in [-0.25, -0.2) is 8.42 Å². The molecule has 1 unspecified atom stereocenters. The molecule has 1 aliphatic heterocycles. The van der Waals surface area contributed by atoms with E-state index >= 15 is 0 Å². The predicted molar refractivity (Wildman–Crippen MR) is 80.0 cm³/mol. The Morgan fingerprint density at radius 2 is 2.19 bits per heavy atom. The maximum atomic E-state index is 12.5. The van der Waals surface area contributed by atoms with Crippen molar-refractivity contribution in [3.05, 3.63) is 35.4 Å². The molecule has 6 heteroatoms. The summed E-state index contributed by atoms with van der Waals surface area (Å²) in [7, 11) is -3.42. The molecule has 21 heavy (non-hydrogen) atoms. The van der Waals surface area contributed by atoms with Crippen LogP contribution in [0.3, 0.4) is 0 Å². The lowest BCUT2D eigenvalue weighted by atomic mass is 10.1. The molecule has 1 fully saturated rings. The van der Waals surface area contributed by atoms with E-state index in [1.807, 2.05) is 13.0 Å². The van der Waals surface area contributed by atoms with Crippen LogP contribution in [0.15, 0.2) is 24.3 Å². The lowest BCUT2D eigenvalue weighted by Gasteiger charge is -2.31. The first-order valence-electron chi connectivity index (χ1n) is 7.14. The molecular weight excluding hydrogens is 288 g/mol. The van der Waals surface area contributed by atoms with Crippen molar-refractivity contribution < 1.29 is 13.2 Å². The zero-order valence-corrected chi connectivity index (χ0v) is 13.0. The first-order chi connectivity index (χ1) is 10.1. The second-order valence-corrected chi connectivity index (χ2v) is 7.07. The van der Waals surface area contributed by atoms with Crippen LogP contribution in [0.4, 0.5) is 0 Å². The summed E-state index contributed by atoms with van der Waals surface area (Å²) in [4.78, 5) is 0. The van der Waals surface area contributed by atoms with Crippen molar-refractivity contribution in [2.45, 2.75) is 31.6 Å². The van der Waals surface area contributed by atoms with Gasteiger partial charge in [0.2, 0.25) is 10.0 Å². The first-order valence-corrected chi connectivity index (χ1v) is 8.75. The minimum Gasteiger partial charge on any atom is -0.377 e. The van der Waals surface area contributed by atoms with E-state index in [0.717, 1.165) is 12.8 Å². The molecule has 114 valence electrons. The molecule has 0 aromatic heterocycles. The summed E-state index contributed by atoms with van der Waals surface area (Å²) in [5, 5.41) is 9.06. The largest absolute Gasteiger partial charge is 0.377 e. The van der Waals surface area contributed by atoms with Gasteiger partial charge < -0.3 is 4.74 Å². The van der Waals surface area contributed by atoms with Crippen LogP contribution in [-0.2, 0) is 20.5 Å². The summed E-state index contributed by atoms with van der Waals surface area (Å²) in [6.07, 6.45) is 1.68. The third-order valence-corrected chi connectivity index (χ3v) is 5.41. The number of nitriles is 1. The number of rotatable bonds is 5. The van der Waals surface area contributed by atoms with E-state index < -0.39 is 10.0 Å². The normalized spacial score (nSPS) is 20.1. The molecule has 0 amide bonds. The van der Waals surface area contributed by atoms with Gasteiger partial charge in [-0.05, 0) is 31.4 Å². The molecule has 1 aromatic rings. The van der Waals surface area contributed by atoms with Gasteiger partial charge in [-0.1, -0.05) is 18.2 Å². The molecular formula is C15H20N2O3S. The van der Waals surface area contributed by atoms with E-state index in [1.165, 1.54) is 4.31 Å². The molecule has 0 N–H and O–H groups in total. The lowest BCUT2D eigenvalue weighted by molar-refractivity contribution is 0.0264. The number of hydrogen-bond donors (Lipinski definition) is 0. The minimum atomic E-state index is -3.42. The molecule has 0 bridgehead atoms. The third kappa shape index (κ3) is 4.03.